The molecule has 10 heteroatoms. The molecule has 2 heterocycles. The molecule has 0 unspecified atom stereocenters. The number of rotatable bonds is 6. The maximum Gasteiger partial charge on any atom is 0.225 e. The van der Waals surface area contributed by atoms with Crippen LogP contribution in [0.25, 0.3) is 16.8 Å². The Bertz CT molecular complexity index is 1540. The maximum atomic E-state index is 13.5. The monoisotopic (exact) mass is 577 g/mol. The van der Waals surface area contributed by atoms with Gasteiger partial charge in [0.05, 0.1) is 29.0 Å². The van der Waals surface area contributed by atoms with Crippen LogP contribution in [0.15, 0.2) is 54.7 Å². The predicted molar refractivity (Wildman–Crippen MR) is 155 cm³/mol. The molecular formula is C30H32ClN5O3S. The van der Waals surface area contributed by atoms with Gasteiger partial charge in [0, 0.05) is 47.4 Å². The molecule has 0 spiro atoms. The molecule has 3 aliphatic rings. The number of nitriles is 1. The molecule has 6 rings (SSSR count). The second kappa shape index (κ2) is 10.6. The first kappa shape index (κ1) is 26.9. The Balaban J connectivity index is 1.35. The van der Waals surface area contributed by atoms with Crippen molar-refractivity contribution in [2.45, 2.75) is 50.0 Å². The van der Waals surface area contributed by atoms with E-state index in [0.717, 1.165) is 53.9 Å². The largest absolute Gasteiger partial charge is 0.369 e. The minimum absolute atomic E-state index is 0.0499. The number of hydrogen-bond acceptors (Lipinski definition) is 6. The predicted octanol–water partition coefficient (Wildman–Crippen LogP) is 4.87. The molecule has 0 radical (unpaired) electrons. The van der Waals surface area contributed by atoms with E-state index in [-0.39, 0.29) is 29.2 Å². The fourth-order valence-corrected chi connectivity index (χ4v) is 7.25. The maximum absolute atomic E-state index is 13.5. The van der Waals surface area contributed by atoms with Crippen molar-refractivity contribution < 1.29 is 13.2 Å². The number of anilines is 1. The van der Waals surface area contributed by atoms with Crippen LogP contribution in [0, 0.1) is 17.2 Å². The summed E-state index contributed by atoms with van der Waals surface area (Å²) in [6, 6.07) is 18.0. The number of sulfone groups is 1. The summed E-state index contributed by atoms with van der Waals surface area (Å²) in [5.41, 5.74) is 4.01. The van der Waals surface area contributed by atoms with Crippen molar-refractivity contribution in [2.24, 2.45) is 5.92 Å². The zero-order chi connectivity index (χ0) is 27.9. The summed E-state index contributed by atoms with van der Waals surface area (Å²) < 4.78 is 25.6. The summed E-state index contributed by atoms with van der Waals surface area (Å²) in [7, 11) is -2.95. The Morgan fingerprint density at radius 3 is 2.30 bits per heavy atom. The lowest BCUT2D eigenvalue weighted by Crippen LogP contribution is -2.42. The van der Waals surface area contributed by atoms with Crippen LogP contribution in [0.1, 0.15) is 50.1 Å². The van der Waals surface area contributed by atoms with Gasteiger partial charge in [0.2, 0.25) is 5.91 Å². The Morgan fingerprint density at radius 2 is 1.65 bits per heavy atom. The Labute approximate surface area is 239 Å². The molecule has 1 saturated heterocycles. The van der Waals surface area contributed by atoms with Gasteiger partial charge in [-0.15, -0.1) is 0 Å². The summed E-state index contributed by atoms with van der Waals surface area (Å²) in [6.45, 7) is 0.981. The molecule has 3 fully saturated rings. The number of nitrogens with one attached hydrogen (secondary N) is 1. The quantitative estimate of drug-likeness (QED) is 0.448. The highest BCUT2D eigenvalue weighted by Gasteiger charge is 2.47. The number of carbonyl (C=O) groups excluding carboxylic acids is 1. The SMILES string of the molecule is N#CC1(NC(=O)[C@@H]2CCCC[C@H]2c2nn(-c3ccc(Cl)cc3)cc2-c2ccc(N3CCS(=O)(=O)CC3)cc2)CC1. The third kappa shape index (κ3) is 5.48. The summed E-state index contributed by atoms with van der Waals surface area (Å²) >= 11 is 6.14. The van der Waals surface area contributed by atoms with E-state index in [9.17, 15) is 18.5 Å². The highest BCUT2D eigenvalue weighted by molar-refractivity contribution is 7.91. The van der Waals surface area contributed by atoms with E-state index in [1.165, 1.54) is 0 Å². The molecule has 2 atom stereocenters. The second-order valence-electron chi connectivity index (χ2n) is 11.2. The molecule has 2 saturated carbocycles. The van der Waals surface area contributed by atoms with Crippen molar-refractivity contribution in [3.05, 3.63) is 65.4 Å². The molecule has 8 nitrogen and oxygen atoms in total. The smallest absolute Gasteiger partial charge is 0.225 e. The van der Waals surface area contributed by atoms with E-state index in [4.69, 9.17) is 16.7 Å². The average molecular weight is 578 g/mol. The summed E-state index contributed by atoms with van der Waals surface area (Å²) in [5, 5.41) is 18.3. The van der Waals surface area contributed by atoms with Crippen molar-refractivity contribution in [1.82, 2.24) is 15.1 Å². The van der Waals surface area contributed by atoms with Crippen LogP contribution in [0.2, 0.25) is 5.02 Å². The molecule has 1 aliphatic heterocycles. The summed E-state index contributed by atoms with van der Waals surface area (Å²) in [5.74, 6) is -0.0259. The zero-order valence-corrected chi connectivity index (χ0v) is 23.8. The van der Waals surface area contributed by atoms with Crippen molar-refractivity contribution in [1.29, 1.82) is 5.26 Å². The molecule has 3 aromatic rings. The van der Waals surface area contributed by atoms with Crippen molar-refractivity contribution in [3.63, 3.8) is 0 Å². The van der Waals surface area contributed by atoms with Gasteiger partial charge in [-0.05, 0) is 67.6 Å². The van der Waals surface area contributed by atoms with E-state index in [2.05, 4.69) is 28.4 Å². The number of nitrogens with zero attached hydrogens (tertiary/aromatic N) is 4. The highest BCUT2D eigenvalue weighted by Crippen LogP contribution is 2.43. The van der Waals surface area contributed by atoms with Crippen LogP contribution in [0.3, 0.4) is 0 Å². The first-order chi connectivity index (χ1) is 19.3. The molecule has 0 bridgehead atoms. The first-order valence-electron chi connectivity index (χ1n) is 13.9. The first-order valence-corrected chi connectivity index (χ1v) is 16.1. The van der Waals surface area contributed by atoms with Gasteiger partial charge in [-0.3, -0.25) is 4.79 Å². The van der Waals surface area contributed by atoms with Gasteiger partial charge < -0.3 is 10.2 Å². The van der Waals surface area contributed by atoms with E-state index in [1.54, 1.807) is 0 Å². The molecule has 208 valence electrons. The standard InChI is InChI=1S/C30H32ClN5O3S/c31-22-7-11-24(12-8-22)36-19-27(21-5-9-23(10-6-21)35-15-17-40(38,39)18-16-35)28(34-36)25-3-1-2-4-26(25)29(37)33-30(20-32)13-14-30/h5-12,19,25-26H,1-4,13-18H2,(H,33,37)/t25-,26-/m1/s1. The fraction of sp³-hybridized carbons (Fsp3) is 0.433. The van der Waals surface area contributed by atoms with Crippen molar-refractivity contribution in [2.75, 3.05) is 29.5 Å². The Morgan fingerprint density at radius 1 is 1.00 bits per heavy atom. The highest BCUT2D eigenvalue weighted by atomic mass is 35.5. The number of carbonyl (C=O) groups is 1. The van der Waals surface area contributed by atoms with Gasteiger partial charge in [-0.25, -0.2) is 13.1 Å². The lowest BCUT2D eigenvalue weighted by Gasteiger charge is -2.31. The minimum atomic E-state index is -2.95. The van der Waals surface area contributed by atoms with Gasteiger partial charge in [0.1, 0.15) is 5.54 Å². The summed E-state index contributed by atoms with van der Waals surface area (Å²) in [4.78, 5) is 15.6. The molecular weight excluding hydrogens is 546 g/mol. The van der Waals surface area contributed by atoms with E-state index < -0.39 is 15.4 Å². The Kier molecular flexibility index (Phi) is 7.09. The van der Waals surface area contributed by atoms with E-state index >= 15 is 0 Å². The third-order valence-corrected chi connectivity index (χ3v) is 10.4. The minimum Gasteiger partial charge on any atom is -0.369 e. The van der Waals surface area contributed by atoms with Crippen LogP contribution in [-0.4, -0.2) is 54.2 Å². The van der Waals surface area contributed by atoms with Crippen LogP contribution >= 0.6 is 11.6 Å². The van der Waals surface area contributed by atoms with E-state index in [1.807, 2.05) is 47.3 Å². The van der Waals surface area contributed by atoms with Crippen molar-refractivity contribution in [3.8, 4) is 22.9 Å². The van der Waals surface area contributed by atoms with Gasteiger partial charge >= 0.3 is 0 Å². The fourth-order valence-electron chi connectivity index (χ4n) is 5.92. The number of benzene rings is 2. The molecule has 2 aromatic carbocycles. The van der Waals surface area contributed by atoms with Crippen LogP contribution in [0.4, 0.5) is 5.69 Å². The number of halogens is 1. The normalized spacial score (nSPS) is 23.2. The molecule has 1 amide bonds. The lowest BCUT2D eigenvalue weighted by atomic mass is 9.75. The second-order valence-corrected chi connectivity index (χ2v) is 14.0. The van der Waals surface area contributed by atoms with Gasteiger partial charge in [-0.2, -0.15) is 10.4 Å². The van der Waals surface area contributed by atoms with Crippen LogP contribution in [0.5, 0.6) is 0 Å². The van der Waals surface area contributed by atoms with Gasteiger partial charge in [0.25, 0.3) is 0 Å². The Hall–Kier alpha value is -3.35. The zero-order valence-electron chi connectivity index (χ0n) is 22.2. The molecule has 40 heavy (non-hydrogen) atoms. The number of hydrogen-bond donors (Lipinski definition) is 1. The molecule has 2 aliphatic carbocycles. The van der Waals surface area contributed by atoms with Crippen molar-refractivity contribution >= 4 is 33.0 Å². The average Bonchev–Trinajstić information content (AvgIpc) is 3.60. The van der Waals surface area contributed by atoms with Gasteiger partial charge in [-0.1, -0.05) is 36.6 Å². The molecule has 1 N–H and O–H groups in total. The van der Waals surface area contributed by atoms with Crippen LogP contribution in [-0.2, 0) is 14.6 Å². The lowest BCUT2D eigenvalue weighted by molar-refractivity contribution is -0.127. The summed E-state index contributed by atoms with van der Waals surface area (Å²) in [6.07, 6.45) is 7.03. The van der Waals surface area contributed by atoms with E-state index in [0.29, 0.717) is 31.0 Å². The molecule has 1 aromatic heterocycles. The number of amides is 1. The van der Waals surface area contributed by atoms with Gasteiger partial charge in [0.15, 0.2) is 9.84 Å². The third-order valence-electron chi connectivity index (χ3n) is 8.50. The topological polar surface area (TPSA) is 108 Å². The number of aromatic nitrogens is 2. The van der Waals surface area contributed by atoms with Crippen LogP contribution < -0.4 is 10.2 Å².